The molecule has 0 saturated carbocycles. The summed E-state index contributed by atoms with van der Waals surface area (Å²) in [7, 11) is 0. The maximum Gasteiger partial charge on any atom is 0.252 e. The van der Waals surface area contributed by atoms with Crippen LogP contribution in [0.1, 0.15) is 37.0 Å². The minimum absolute atomic E-state index is 0.00307. The topological polar surface area (TPSA) is 82.0 Å². The Labute approximate surface area is 119 Å². The predicted octanol–water partition coefficient (Wildman–Crippen LogP) is 2.31. The molecule has 0 fully saturated rings. The fraction of sp³-hybridized carbons (Fsp3) is 0.400. The van der Waals surface area contributed by atoms with Gasteiger partial charge in [0.1, 0.15) is 6.54 Å². The molecule has 0 atom stereocenters. The average Bonchev–Trinajstić information content (AvgIpc) is 2.46. The van der Waals surface area contributed by atoms with Crippen LogP contribution in [0.5, 0.6) is 0 Å². The molecule has 5 nitrogen and oxygen atoms in total. The lowest BCUT2D eigenvalue weighted by atomic mass is 10.0. The molecule has 0 bridgehead atoms. The zero-order chi connectivity index (χ0) is 15.0. The Bertz CT molecular complexity index is 499. The van der Waals surface area contributed by atoms with E-state index < -0.39 is 0 Å². The van der Waals surface area contributed by atoms with Gasteiger partial charge in [-0.3, -0.25) is 9.59 Å². The Morgan fingerprint density at radius 3 is 2.30 bits per heavy atom. The Hall–Kier alpha value is -2.35. The molecular weight excluding hydrogens is 254 g/mol. The van der Waals surface area contributed by atoms with E-state index in [-0.39, 0.29) is 24.3 Å². The number of carbonyl (C=O) groups is 2. The van der Waals surface area contributed by atoms with E-state index in [9.17, 15) is 9.59 Å². The molecular formula is C15H19N3O2. The first-order valence-electron chi connectivity index (χ1n) is 6.68. The normalized spacial score (nSPS) is 9.90. The van der Waals surface area contributed by atoms with E-state index in [0.29, 0.717) is 11.3 Å². The SMILES string of the molecule is CCC(CC)C(=O)Nc1ccc(C(=O)NCC#N)cc1. The first-order valence-corrected chi connectivity index (χ1v) is 6.68. The van der Waals surface area contributed by atoms with Crippen LogP contribution in [0, 0.1) is 17.2 Å². The molecule has 1 aromatic rings. The van der Waals surface area contributed by atoms with Crippen molar-refractivity contribution in [3.8, 4) is 6.07 Å². The first kappa shape index (κ1) is 15.7. The molecule has 0 spiro atoms. The number of hydrogen-bond donors (Lipinski definition) is 2. The van der Waals surface area contributed by atoms with Gasteiger partial charge in [0, 0.05) is 17.2 Å². The smallest absolute Gasteiger partial charge is 0.252 e. The van der Waals surface area contributed by atoms with Gasteiger partial charge in [0.2, 0.25) is 5.91 Å². The summed E-state index contributed by atoms with van der Waals surface area (Å²) in [6, 6.07) is 8.45. The number of hydrogen-bond acceptors (Lipinski definition) is 3. The lowest BCUT2D eigenvalue weighted by Gasteiger charge is -2.12. The van der Waals surface area contributed by atoms with Crippen molar-refractivity contribution in [3.05, 3.63) is 29.8 Å². The van der Waals surface area contributed by atoms with E-state index in [4.69, 9.17) is 5.26 Å². The van der Waals surface area contributed by atoms with Crippen LogP contribution in [0.4, 0.5) is 5.69 Å². The van der Waals surface area contributed by atoms with Gasteiger partial charge >= 0.3 is 0 Å². The molecule has 0 saturated heterocycles. The van der Waals surface area contributed by atoms with Gasteiger partial charge in [0.15, 0.2) is 0 Å². The number of nitrogens with zero attached hydrogens (tertiary/aromatic N) is 1. The summed E-state index contributed by atoms with van der Waals surface area (Å²) in [5.74, 6) is -0.297. The Balaban J connectivity index is 2.65. The lowest BCUT2D eigenvalue weighted by molar-refractivity contribution is -0.120. The standard InChI is InChI=1S/C15H19N3O2/c1-3-11(4-2)15(20)18-13-7-5-12(6-8-13)14(19)17-10-9-16/h5-8,11H,3-4,10H2,1-2H3,(H,17,19)(H,18,20). The zero-order valence-corrected chi connectivity index (χ0v) is 11.8. The van der Waals surface area contributed by atoms with Crippen molar-refractivity contribution in [2.24, 2.45) is 5.92 Å². The zero-order valence-electron chi connectivity index (χ0n) is 11.8. The summed E-state index contributed by atoms with van der Waals surface area (Å²) in [4.78, 5) is 23.5. The van der Waals surface area contributed by atoms with E-state index in [1.165, 1.54) is 0 Å². The molecule has 2 N–H and O–H groups in total. The van der Waals surface area contributed by atoms with Crippen LogP contribution in [0.25, 0.3) is 0 Å². The number of carbonyl (C=O) groups excluding carboxylic acids is 2. The van der Waals surface area contributed by atoms with Crippen LogP contribution in [0.15, 0.2) is 24.3 Å². The Kier molecular flexibility index (Phi) is 6.24. The highest BCUT2D eigenvalue weighted by Crippen LogP contribution is 2.14. The van der Waals surface area contributed by atoms with Crippen LogP contribution in [0.2, 0.25) is 0 Å². The van der Waals surface area contributed by atoms with Gasteiger partial charge in [-0.2, -0.15) is 5.26 Å². The summed E-state index contributed by atoms with van der Waals surface area (Å²) in [5, 5.41) is 13.7. The van der Waals surface area contributed by atoms with Gasteiger partial charge in [-0.05, 0) is 37.1 Å². The summed E-state index contributed by atoms with van der Waals surface area (Å²) >= 11 is 0. The van der Waals surface area contributed by atoms with Crippen molar-refractivity contribution in [2.75, 3.05) is 11.9 Å². The molecule has 1 rings (SSSR count). The van der Waals surface area contributed by atoms with Crippen molar-refractivity contribution in [2.45, 2.75) is 26.7 Å². The van der Waals surface area contributed by atoms with Crippen molar-refractivity contribution in [1.29, 1.82) is 5.26 Å². The molecule has 0 radical (unpaired) electrons. The molecule has 0 unspecified atom stereocenters. The summed E-state index contributed by atoms with van der Waals surface area (Å²) in [5.41, 5.74) is 1.12. The molecule has 0 heterocycles. The van der Waals surface area contributed by atoms with Crippen LogP contribution in [-0.4, -0.2) is 18.4 Å². The third-order valence-corrected chi connectivity index (χ3v) is 3.10. The van der Waals surface area contributed by atoms with Gasteiger partial charge in [0.25, 0.3) is 5.91 Å². The maximum absolute atomic E-state index is 11.9. The quantitative estimate of drug-likeness (QED) is 0.780. The second-order valence-corrected chi connectivity index (χ2v) is 4.42. The average molecular weight is 273 g/mol. The highest BCUT2D eigenvalue weighted by atomic mass is 16.2. The summed E-state index contributed by atoms with van der Waals surface area (Å²) in [6.45, 7) is 3.94. The largest absolute Gasteiger partial charge is 0.339 e. The number of amides is 2. The third kappa shape index (κ3) is 4.39. The highest BCUT2D eigenvalue weighted by molar-refractivity contribution is 5.96. The van der Waals surface area contributed by atoms with Gasteiger partial charge in [-0.1, -0.05) is 13.8 Å². The Morgan fingerprint density at radius 1 is 1.20 bits per heavy atom. The Morgan fingerprint density at radius 2 is 1.80 bits per heavy atom. The van der Waals surface area contributed by atoms with E-state index in [1.807, 2.05) is 19.9 Å². The first-order chi connectivity index (χ1) is 9.62. The van der Waals surface area contributed by atoms with E-state index >= 15 is 0 Å². The van der Waals surface area contributed by atoms with E-state index in [1.54, 1.807) is 24.3 Å². The minimum atomic E-state index is -0.301. The molecule has 20 heavy (non-hydrogen) atoms. The molecule has 5 heteroatoms. The van der Waals surface area contributed by atoms with Crippen molar-refractivity contribution in [3.63, 3.8) is 0 Å². The minimum Gasteiger partial charge on any atom is -0.339 e. The number of nitriles is 1. The van der Waals surface area contributed by atoms with Crippen LogP contribution in [0.3, 0.4) is 0 Å². The van der Waals surface area contributed by atoms with Crippen LogP contribution >= 0.6 is 0 Å². The fourth-order valence-corrected chi connectivity index (χ4v) is 1.83. The number of benzene rings is 1. The molecule has 0 aliphatic carbocycles. The number of anilines is 1. The van der Waals surface area contributed by atoms with Gasteiger partial charge in [0.05, 0.1) is 6.07 Å². The summed E-state index contributed by atoms with van der Waals surface area (Å²) in [6.07, 6.45) is 1.61. The monoisotopic (exact) mass is 273 g/mol. The highest BCUT2D eigenvalue weighted by Gasteiger charge is 2.14. The van der Waals surface area contributed by atoms with Gasteiger partial charge < -0.3 is 10.6 Å². The molecule has 0 aliphatic heterocycles. The second kappa shape index (κ2) is 7.95. The van der Waals surface area contributed by atoms with Crippen molar-refractivity contribution >= 4 is 17.5 Å². The molecule has 106 valence electrons. The van der Waals surface area contributed by atoms with Crippen LogP contribution < -0.4 is 10.6 Å². The molecule has 2 amide bonds. The second-order valence-electron chi connectivity index (χ2n) is 4.42. The molecule has 0 aliphatic rings. The fourth-order valence-electron chi connectivity index (χ4n) is 1.83. The summed E-state index contributed by atoms with van der Waals surface area (Å²) < 4.78 is 0. The van der Waals surface area contributed by atoms with Gasteiger partial charge in [-0.25, -0.2) is 0 Å². The van der Waals surface area contributed by atoms with E-state index in [0.717, 1.165) is 12.8 Å². The van der Waals surface area contributed by atoms with Crippen molar-refractivity contribution < 1.29 is 9.59 Å². The molecule has 0 aromatic heterocycles. The predicted molar refractivity (Wildman–Crippen MR) is 77.1 cm³/mol. The van der Waals surface area contributed by atoms with E-state index in [2.05, 4.69) is 10.6 Å². The van der Waals surface area contributed by atoms with Gasteiger partial charge in [-0.15, -0.1) is 0 Å². The third-order valence-electron chi connectivity index (χ3n) is 3.10. The van der Waals surface area contributed by atoms with Crippen LogP contribution in [-0.2, 0) is 4.79 Å². The number of nitrogens with one attached hydrogen (secondary N) is 2. The van der Waals surface area contributed by atoms with Crippen molar-refractivity contribution in [1.82, 2.24) is 5.32 Å². The number of rotatable bonds is 6. The maximum atomic E-state index is 11.9. The lowest BCUT2D eigenvalue weighted by Crippen LogP contribution is -2.24. The molecule has 1 aromatic carbocycles.